The molecule has 0 aliphatic heterocycles. The largest absolute Gasteiger partial charge is 0.496 e. The van der Waals surface area contributed by atoms with E-state index in [0.717, 1.165) is 18.5 Å². The molecular formula is C15H20N2O4. The van der Waals surface area contributed by atoms with E-state index in [1.54, 1.807) is 33.6 Å². The summed E-state index contributed by atoms with van der Waals surface area (Å²) in [5.41, 5.74) is 0.776. The number of benzene rings is 1. The van der Waals surface area contributed by atoms with E-state index in [2.05, 4.69) is 10.3 Å². The number of rotatable bonds is 7. The van der Waals surface area contributed by atoms with Gasteiger partial charge in [-0.2, -0.15) is 0 Å². The lowest BCUT2D eigenvalue weighted by Crippen LogP contribution is -2.10. The van der Waals surface area contributed by atoms with Crippen LogP contribution in [0.25, 0.3) is 11.3 Å². The normalized spacial score (nSPS) is 10.5. The van der Waals surface area contributed by atoms with Crippen LogP contribution in [0.1, 0.15) is 5.89 Å². The summed E-state index contributed by atoms with van der Waals surface area (Å²) in [6, 6.07) is 3.59. The Bertz CT molecular complexity index is 595. The molecule has 1 heterocycles. The quantitative estimate of drug-likeness (QED) is 0.843. The third-order valence-electron chi connectivity index (χ3n) is 3.11. The van der Waals surface area contributed by atoms with Crippen molar-refractivity contribution in [2.75, 3.05) is 34.9 Å². The van der Waals surface area contributed by atoms with Gasteiger partial charge in [-0.1, -0.05) is 0 Å². The standard InChI is InChI=1S/C15H20N2O4/c1-16-6-5-15-17-9-14(21-15)10-7-12(19-3)13(20-4)8-11(10)18-2/h7-9,16H,5-6H2,1-4H3. The van der Waals surface area contributed by atoms with E-state index in [1.165, 1.54) is 0 Å². The second-order valence-electron chi connectivity index (χ2n) is 4.38. The first-order valence-electron chi connectivity index (χ1n) is 6.63. The van der Waals surface area contributed by atoms with Crippen LogP contribution in [0.2, 0.25) is 0 Å². The zero-order chi connectivity index (χ0) is 15.2. The average molecular weight is 292 g/mol. The molecule has 114 valence electrons. The number of aromatic nitrogens is 1. The lowest BCUT2D eigenvalue weighted by Gasteiger charge is -2.12. The molecule has 0 atom stereocenters. The first-order chi connectivity index (χ1) is 10.2. The number of hydrogen-bond acceptors (Lipinski definition) is 6. The zero-order valence-corrected chi connectivity index (χ0v) is 12.7. The van der Waals surface area contributed by atoms with Crippen LogP contribution in [-0.2, 0) is 6.42 Å². The minimum absolute atomic E-state index is 0.605. The summed E-state index contributed by atoms with van der Waals surface area (Å²) in [7, 11) is 6.67. The highest BCUT2D eigenvalue weighted by atomic mass is 16.5. The number of nitrogens with zero attached hydrogens (tertiary/aromatic N) is 1. The fraction of sp³-hybridized carbons (Fsp3) is 0.400. The van der Waals surface area contributed by atoms with E-state index in [-0.39, 0.29) is 0 Å². The average Bonchev–Trinajstić information content (AvgIpc) is 3.00. The summed E-state index contributed by atoms with van der Waals surface area (Å²) in [6.45, 7) is 0.809. The van der Waals surface area contributed by atoms with Gasteiger partial charge in [0.05, 0.1) is 33.1 Å². The van der Waals surface area contributed by atoms with Crippen molar-refractivity contribution in [1.29, 1.82) is 0 Å². The first-order valence-corrected chi connectivity index (χ1v) is 6.63. The van der Waals surface area contributed by atoms with Crippen LogP contribution in [0.4, 0.5) is 0 Å². The van der Waals surface area contributed by atoms with E-state index in [9.17, 15) is 0 Å². The van der Waals surface area contributed by atoms with Gasteiger partial charge in [0.15, 0.2) is 23.1 Å². The molecule has 0 bridgehead atoms. The minimum atomic E-state index is 0.605. The van der Waals surface area contributed by atoms with Crippen molar-refractivity contribution in [3.05, 3.63) is 24.2 Å². The molecule has 0 saturated heterocycles. The molecule has 0 fully saturated rings. The maximum Gasteiger partial charge on any atom is 0.196 e. The predicted molar refractivity (Wildman–Crippen MR) is 79.2 cm³/mol. The highest BCUT2D eigenvalue weighted by Crippen LogP contribution is 2.40. The smallest absolute Gasteiger partial charge is 0.196 e. The fourth-order valence-electron chi connectivity index (χ4n) is 2.00. The molecule has 0 spiro atoms. The summed E-state index contributed by atoms with van der Waals surface area (Å²) in [5.74, 6) is 3.17. The van der Waals surface area contributed by atoms with Gasteiger partial charge in [-0.3, -0.25) is 0 Å². The molecule has 0 aliphatic carbocycles. The van der Waals surface area contributed by atoms with Crippen molar-refractivity contribution in [2.45, 2.75) is 6.42 Å². The summed E-state index contributed by atoms with van der Waals surface area (Å²) in [4.78, 5) is 4.27. The number of methoxy groups -OCH3 is 3. The molecule has 6 nitrogen and oxygen atoms in total. The third kappa shape index (κ3) is 3.28. The molecule has 0 radical (unpaired) electrons. The monoisotopic (exact) mass is 292 g/mol. The van der Waals surface area contributed by atoms with Crippen LogP contribution in [0.3, 0.4) is 0 Å². The molecule has 21 heavy (non-hydrogen) atoms. The Morgan fingerprint density at radius 2 is 1.71 bits per heavy atom. The van der Waals surface area contributed by atoms with Crippen LogP contribution >= 0.6 is 0 Å². The Balaban J connectivity index is 2.39. The third-order valence-corrected chi connectivity index (χ3v) is 3.11. The number of nitrogens with one attached hydrogen (secondary N) is 1. The molecule has 0 amide bonds. The molecule has 0 saturated carbocycles. The van der Waals surface area contributed by atoms with Crippen LogP contribution in [0.5, 0.6) is 17.2 Å². The zero-order valence-electron chi connectivity index (χ0n) is 12.7. The Hall–Kier alpha value is -2.21. The maximum absolute atomic E-state index is 5.76. The van der Waals surface area contributed by atoms with E-state index in [0.29, 0.717) is 28.9 Å². The summed E-state index contributed by atoms with van der Waals surface area (Å²) < 4.78 is 21.7. The van der Waals surface area contributed by atoms with Crippen molar-refractivity contribution in [3.63, 3.8) is 0 Å². The van der Waals surface area contributed by atoms with E-state index < -0.39 is 0 Å². The second kappa shape index (κ2) is 6.99. The predicted octanol–water partition coefficient (Wildman–Crippen LogP) is 2.13. The second-order valence-corrected chi connectivity index (χ2v) is 4.38. The SMILES string of the molecule is CNCCc1ncc(-c2cc(OC)c(OC)cc2OC)o1. The maximum atomic E-state index is 5.76. The highest BCUT2D eigenvalue weighted by Gasteiger charge is 2.16. The summed E-state index contributed by atoms with van der Waals surface area (Å²) in [6.07, 6.45) is 2.42. The van der Waals surface area contributed by atoms with Crippen molar-refractivity contribution in [1.82, 2.24) is 10.3 Å². The fourth-order valence-corrected chi connectivity index (χ4v) is 2.00. The Kier molecular flexibility index (Phi) is 5.05. The molecule has 1 N–H and O–H groups in total. The van der Waals surface area contributed by atoms with Crippen molar-refractivity contribution >= 4 is 0 Å². The molecule has 0 unspecified atom stereocenters. The Labute approximate surface area is 124 Å². The van der Waals surface area contributed by atoms with E-state index in [1.807, 2.05) is 13.1 Å². The van der Waals surface area contributed by atoms with Crippen molar-refractivity contribution < 1.29 is 18.6 Å². The summed E-state index contributed by atoms with van der Waals surface area (Å²) >= 11 is 0. The first kappa shape index (κ1) is 15.2. The van der Waals surface area contributed by atoms with Crippen molar-refractivity contribution in [3.8, 4) is 28.6 Å². The highest BCUT2D eigenvalue weighted by molar-refractivity contribution is 5.70. The Morgan fingerprint density at radius 1 is 1.05 bits per heavy atom. The lowest BCUT2D eigenvalue weighted by molar-refractivity contribution is 0.349. The Morgan fingerprint density at radius 3 is 2.33 bits per heavy atom. The number of ether oxygens (including phenoxy) is 3. The van der Waals surface area contributed by atoms with Gasteiger partial charge in [0.2, 0.25) is 0 Å². The molecule has 2 aromatic rings. The molecule has 0 aliphatic rings. The topological polar surface area (TPSA) is 65.8 Å². The van der Waals surface area contributed by atoms with Crippen LogP contribution in [0, 0.1) is 0 Å². The van der Waals surface area contributed by atoms with Crippen LogP contribution in [0.15, 0.2) is 22.7 Å². The minimum Gasteiger partial charge on any atom is -0.496 e. The van der Waals surface area contributed by atoms with Gasteiger partial charge in [-0.05, 0) is 13.1 Å². The van der Waals surface area contributed by atoms with Gasteiger partial charge in [0.25, 0.3) is 0 Å². The van der Waals surface area contributed by atoms with Crippen LogP contribution < -0.4 is 19.5 Å². The van der Waals surface area contributed by atoms with Crippen molar-refractivity contribution in [2.24, 2.45) is 0 Å². The van der Waals surface area contributed by atoms with Gasteiger partial charge < -0.3 is 23.9 Å². The lowest BCUT2D eigenvalue weighted by atomic mass is 10.1. The molecular weight excluding hydrogens is 272 g/mol. The van der Waals surface area contributed by atoms with E-state index in [4.69, 9.17) is 18.6 Å². The van der Waals surface area contributed by atoms with Gasteiger partial charge in [-0.25, -0.2) is 4.98 Å². The summed E-state index contributed by atoms with van der Waals surface area (Å²) in [5, 5.41) is 3.06. The molecule has 1 aromatic heterocycles. The van der Waals surface area contributed by atoms with Gasteiger partial charge >= 0.3 is 0 Å². The number of hydrogen-bond donors (Lipinski definition) is 1. The number of likely N-dealkylation sites (N-methyl/N-ethyl adjacent to an activating group) is 1. The molecule has 1 aromatic carbocycles. The van der Waals surface area contributed by atoms with E-state index >= 15 is 0 Å². The van der Waals surface area contributed by atoms with Gasteiger partial charge in [-0.15, -0.1) is 0 Å². The molecule has 2 rings (SSSR count). The van der Waals surface area contributed by atoms with Gasteiger partial charge in [0, 0.05) is 19.0 Å². The van der Waals surface area contributed by atoms with Crippen LogP contribution in [-0.4, -0.2) is 39.9 Å². The van der Waals surface area contributed by atoms with Gasteiger partial charge in [0.1, 0.15) is 5.75 Å². The molecule has 6 heteroatoms. The number of oxazole rings is 1.